The lowest BCUT2D eigenvalue weighted by Gasteiger charge is -2.08. The van der Waals surface area contributed by atoms with Crippen LogP contribution in [-0.2, 0) is 14.1 Å². The number of Topliss-reactive ketones (excluding diaryl/α,β-unsaturated/α-hetero) is 2. The molecule has 6 aromatic heterocycles. The van der Waals surface area contributed by atoms with Crippen molar-refractivity contribution >= 4 is 80.5 Å². The number of anilines is 4. The van der Waals surface area contributed by atoms with E-state index >= 15 is 0 Å². The molecule has 2 aliphatic heterocycles. The van der Waals surface area contributed by atoms with Crippen molar-refractivity contribution in [2.24, 2.45) is 14.1 Å². The molecule has 0 saturated heterocycles. The highest BCUT2D eigenvalue weighted by Crippen LogP contribution is 2.40. The van der Waals surface area contributed by atoms with Gasteiger partial charge in [0.05, 0.1) is 71.9 Å². The molecule has 21 nitrogen and oxygen atoms in total. The molecule has 21 heteroatoms. The lowest BCUT2D eigenvalue weighted by atomic mass is 10.0. The summed E-state index contributed by atoms with van der Waals surface area (Å²) in [7, 11) is 7.03. The van der Waals surface area contributed by atoms with E-state index < -0.39 is 12.1 Å². The lowest BCUT2D eigenvalue weighted by Crippen LogP contribution is -2.19. The molecule has 4 aromatic carbocycles. The Labute approximate surface area is 463 Å². The first-order valence-corrected chi connectivity index (χ1v) is 25.3. The van der Waals surface area contributed by atoms with E-state index in [1.54, 1.807) is 106 Å². The van der Waals surface area contributed by atoms with Gasteiger partial charge in [0, 0.05) is 93.3 Å². The number of aromatic amines is 2. The zero-order valence-corrected chi connectivity index (χ0v) is 45.3. The number of nitrogens with zero attached hydrogens (tertiary/aromatic N) is 6. The average Bonchev–Trinajstić information content (AvgIpc) is 4.12. The monoisotopic (exact) mass is 1090 g/mol. The second-order valence-corrected chi connectivity index (χ2v) is 18.8. The molecule has 8 heterocycles. The number of fused-ring (bicyclic) bond motifs is 4. The molecule has 12 rings (SSSR count). The van der Waals surface area contributed by atoms with Gasteiger partial charge in [0.1, 0.15) is 23.0 Å². The van der Waals surface area contributed by atoms with Gasteiger partial charge in [-0.3, -0.25) is 33.7 Å². The van der Waals surface area contributed by atoms with Crippen LogP contribution in [-0.4, -0.2) is 90.2 Å². The number of urea groups is 2. The standard InChI is InChI=1S/C30H26N6O4.C16H17N3O2.C14H11N3O3/c1-16-27(17(2)36(3)35-16)28-22(21-13-20(39-4)8-9-24(21)34-28)14-26-29(37)23-12-18(7-10-25(23)40-26)32-30(38)33-19-6-5-11-31-15-19;1-9-15(10(2)19(3)18-9)16-13(8-20)12-7-11(21-4)5-6-14(12)17-16;18-12-8-20-13-4-3-9(6-11(12)13)16-14(19)17-10-2-1-5-15-7-10/h5-15,34H,1-4H3,(H2,32,33,38);5-8,17H,1-4H3;1-7H,8H2,(H2,16,17,19)/b26-14-;;. The van der Waals surface area contributed by atoms with E-state index in [0.717, 1.165) is 84.7 Å². The maximum atomic E-state index is 13.5. The SMILES string of the molecule is COc1ccc2[nH]c(-c3c(C)nn(C)c3C)c(/C=C3\Oc4ccc(NC(=O)Nc5cccnc5)cc4C3=O)c2c1.COc1ccc2[nH]c(-c3c(C)nn(C)c3C)c(C=O)c2c1.O=C(Nc1cccnc1)Nc1ccc2c(c1)C(=O)CO2. The smallest absolute Gasteiger partial charge is 0.323 e. The van der Waals surface area contributed by atoms with Gasteiger partial charge in [-0.2, -0.15) is 10.2 Å². The fraction of sp³-hybridized carbons (Fsp3) is 0.150. The second kappa shape index (κ2) is 22.6. The highest BCUT2D eigenvalue weighted by molar-refractivity contribution is 6.17. The number of ether oxygens (including phenoxy) is 4. The number of amides is 4. The van der Waals surface area contributed by atoms with Crippen molar-refractivity contribution in [3.8, 4) is 45.5 Å². The van der Waals surface area contributed by atoms with Crippen LogP contribution in [0.2, 0.25) is 0 Å². The normalized spacial score (nSPS) is 12.6. The van der Waals surface area contributed by atoms with Gasteiger partial charge >= 0.3 is 12.1 Å². The molecule has 2 aliphatic rings. The maximum absolute atomic E-state index is 13.5. The van der Waals surface area contributed by atoms with Gasteiger partial charge in [-0.25, -0.2) is 9.59 Å². The van der Waals surface area contributed by atoms with Crippen LogP contribution in [0.4, 0.5) is 32.3 Å². The molecular weight excluding hydrogens is 1030 g/mol. The van der Waals surface area contributed by atoms with Gasteiger partial charge < -0.3 is 50.2 Å². The lowest BCUT2D eigenvalue weighted by molar-refractivity contribution is 0.0960. The fourth-order valence-electron chi connectivity index (χ4n) is 9.61. The summed E-state index contributed by atoms with van der Waals surface area (Å²) in [4.78, 5) is 75.6. The predicted octanol–water partition coefficient (Wildman–Crippen LogP) is 11.2. The Morgan fingerprint density at radius 2 is 1.11 bits per heavy atom. The van der Waals surface area contributed by atoms with Crippen molar-refractivity contribution < 1.29 is 42.9 Å². The number of aldehydes is 1. The highest BCUT2D eigenvalue weighted by atomic mass is 16.5. The molecule has 4 amide bonds. The average molecular weight is 1090 g/mol. The van der Waals surface area contributed by atoms with Crippen molar-refractivity contribution in [2.45, 2.75) is 27.7 Å². The first kappa shape index (κ1) is 53.6. The number of carbonyl (C=O) groups excluding carboxylic acids is 5. The molecule has 0 bridgehead atoms. The van der Waals surface area contributed by atoms with E-state index in [4.69, 9.17) is 18.9 Å². The first-order chi connectivity index (χ1) is 39.1. The first-order valence-electron chi connectivity index (χ1n) is 25.3. The van der Waals surface area contributed by atoms with Crippen molar-refractivity contribution in [3.05, 3.63) is 173 Å². The quantitative estimate of drug-likeness (QED) is 0.0550. The van der Waals surface area contributed by atoms with E-state index in [-0.39, 0.29) is 23.9 Å². The van der Waals surface area contributed by atoms with Crippen LogP contribution in [0, 0.1) is 27.7 Å². The van der Waals surface area contributed by atoms with Crippen LogP contribution < -0.4 is 40.2 Å². The summed E-state index contributed by atoms with van der Waals surface area (Å²) in [6.07, 6.45) is 8.97. The molecule has 408 valence electrons. The number of H-pyrrole nitrogens is 2. The van der Waals surface area contributed by atoms with E-state index in [2.05, 4.69) is 51.4 Å². The van der Waals surface area contributed by atoms with Crippen LogP contribution >= 0.6 is 0 Å². The Balaban J connectivity index is 0.000000151. The summed E-state index contributed by atoms with van der Waals surface area (Å²) in [5, 5.41) is 21.5. The van der Waals surface area contributed by atoms with Gasteiger partial charge in [0.2, 0.25) is 11.6 Å². The summed E-state index contributed by atoms with van der Waals surface area (Å²) in [6, 6.07) is 27.4. The third-order valence-electron chi connectivity index (χ3n) is 13.7. The summed E-state index contributed by atoms with van der Waals surface area (Å²) in [5.41, 5.74) is 13.6. The molecule has 0 fully saturated rings. The van der Waals surface area contributed by atoms with Gasteiger partial charge in [-0.05, 0) is 131 Å². The molecular formula is C60H54N12O9. The van der Waals surface area contributed by atoms with E-state index in [0.29, 0.717) is 56.7 Å². The number of aromatic nitrogens is 8. The second-order valence-electron chi connectivity index (χ2n) is 18.8. The van der Waals surface area contributed by atoms with Crippen molar-refractivity contribution in [1.29, 1.82) is 0 Å². The molecule has 0 spiro atoms. The minimum Gasteiger partial charge on any atom is -0.497 e. The fourth-order valence-corrected chi connectivity index (χ4v) is 9.61. The third-order valence-corrected chi connectivity index (χ3v) is 13.7. The van der Waals surface area contributed by atoms with E-state index in [1.165, 1.54) is 0 Å². The van der Waals surface area contributed by atoms with Gasteiger partial charge in [-0.1, -0.05) is 0 Å². The predicted molar refractivity (Wildman–Crippen MR) is 308 cm³/mol. The number of carbonyl (C=O) groups is 5. The topological polar surface area (TPSA) is 263 Å². The Bertz CT molecular complexity index is 4140. The van der Waals surface area contributed by atoms with Gasteiger partial charge in [-0.15, -0.1) is 0 Å². The number of methoxy groups -OCH3 is 2. The Morgan fingerprint density at radius 1 is 0.617 bits per heavy atom. The zero-order chi connectivity index (χ0) is 57.1. The van der Waals surface area contributed by atoms with Crippen LogP contribution in [0.5, 0.6) is 23.0 Å². The molecule has 0 radical (unpaired) electrons. The van der Waals surface area contributed by atoms with Crippen molar-refractivity contribution in [1.82, 2.24) is 39.5 Å². The number of aryl methyl sites for hydroxylation is 4. The largest absolute Gasteiger partial charge is 0.497 e. The third kappa shape index (κ3) is 11.0. The number of nitrogens with one attached hydrogen (secondary N) is 6. The molecule has 6 N–H and O–H groups in total. The maximum Gasteiger partial charge on any atom is 0.323 e. The molecule has 10 aromatic rings. The summed E-state index contributed by atoms with van der Waals surface area (Å²) >= 11 is 0. The molecule has 0 saturated carbocycles. The summed E-state index contributed by atoms with van der Waals surface area (Å²) in [6.45, 7) is 7.96. The number of hydrogen-bond acceptors (Lipinski definition) is 13. The van der Waals surface area contributed by atoms with Gasteiger partial charge in [0.25, 0.3) is 0 Å². The van der Waals surface area contributed by atoms with Crippen LogP contribution in [0.15, 0.2) is 128 Å². The number of ketones is 2. The Hall–Kier alpha value is -10.8. The zero-order valence-electron chi connectivity index (χ0n) is 45.3. The Morgan fingerprint density at radius 3 is 1.59 bits per heavy atom. The van der Waals surface area contributed by atoms with Crippen molar-refractivity contribution in [3.63, 3.8) is 0 Å². The number of hydrogen-bond donors (Lipinski definition) is 6. The van der Waals surface area contributed by atoms with E-state index in [9.17, 15) is 24.0 Å². The van der Waals surface area contributed by atoms with Crippen LogP contribution in [0.3, 0.4) is 0 Å². The summed E-state index contributed by atoms with van der Waals surface area (Å²) in [5.74, 6) is 2.20. The number of pyridine rings is 2. The van der Waals surface area contributed by atoms with Crippen LogP contribution in [0.25, 0.3) is 50.4 Å². The molecule has 0 unspecified atom stereocenters. The highest BCUT2D eigenvalue weighted by Gasteiger charge is 2.30. The number of benzene rings is 4. The molecule has 0 aliphatic carbocycles. The molecule has 81 heavy (non-hydrogen) atoms. The number of allylic oxidation sites excluding steroid dienone is 1. The van der Waals surface area contributed by atoms with E-state index in [1.807, 2.05) is 87.6 Å². The number of rotatable bonds is 10. The minimum atomic E-state index is -0.449. The minimum absolute atomic E-state index is 0.0562. The Kier molecular flexibility index (Phi) is 15.0. The van der Waals surface area contributed by atoms with Crippen LogP contribution in [0.1, 0.15) is 59.4 Å². The van der Waals surface area contributed by atoms with Crippen molar-refractivity contribution in [2.75, 3.05) is 42.1 Å². The molecule has 0 atom stereocenters. The van der Waals surface area contributed by atoms with Gasteiger partial charge in [0.15, 0.2) is 18.7 Å². The summed E-state index contributed by atoms with van der Waals surface area (Å²) < 4.78 is 25.6.